The number of nitrogens with one attached hydrogen (secondary N) is 3. The molecule has 0 saturated heterocycles. The van der Waals surface area contributed by atoms with Crippen LogP contribution < -0.4 is 20.7 Å². The quantitative estimate of drug-likeness (QED) is 0.548. The van der Waals surface area contributed by atoms with E-state index in [0.29, 0.717) is 0 Å². The summed E-state index contributed by atoms with van der Waals surface area (Å²) in [5.41, 5.74) is 0.204. The molecule has 0 fully saturated rings. The van der Waals surface area contributed by atoms with E-state index >= 15 is 0 Å². The highest BCUT2D eigenvalue weighted by Crippen LogP contribution is 2.25. The molecule has 24 heavy (non-hydrogen) atoms. The van der Waals surface area contributed by atoms with Crippen LogP contribution in [0.4, 0.5) is 28.0 Å². The number of alkyl halides is 3. The number of rotatable bonds is 7. The number of halogens is 4. The number of hydrogen-bond acceptors (Lipinski definition) is 5. The van der Waals surface area contributed by atoms with E-state index in [1.807, 2.05) is 0 Å². The minimum atomic E-state index is -4.59. The van der Waals surface area contributed by atoms with E-state index in [4.69, 9.17) is 9.84 Å². The third-order valence-corrected chi connectivity index (χ3v) is 2.43. The Kier molecular flexibility index (Phi) is 7.24. The highest BCUT2D eigenvalue weighted by molar-refractivity contribution is 5.96. The molecule has 1 aromatic rings. The number of imide groups is 1. The summed E-state index contributed by atoms with van der Waals surface area (Å²) in [5.74, 6) is -1.49. The minimum Gasteiger partial charge on any atom is -0.489 e. The number of carbonyl (C=O) groups excluding carboxylic acids is 2. The van der Waals surface area contributed by atoms with Gasteiger partial charge in [0.2, 0.25) is 5.91 Å². The number of amides is 3. The molecule has 1 aromatic carbocycles. The van der Waals surface area contributed by atoms with Crippen molar-refractivity contribution in [3.8, 4) is 5.75 Å². The first-order chi connectivity index (χ1) is 11.2. The molecule has 0 atom stereocenters. The third-order valence-electron chi connectivity index (χ3n) is 2.43. The summed E-state index contributed by atoms with van der Waals surface area (Å²) in [5, 5.41) is 14.4. The highest BCUT2D eigenvalue weighted by atomic mass is 19.4. The van der Waals surface area contributed by atoms with Crippen LogP contribution in [-0.4, -0.2) is 49.5 Å². The Hall–Kier alpha value is -2.56. The normalized spacial score (nSPS) is 10.9. The smallest absolute Gasteiger partial charge is 0.405 e. The van der Waals surface area contributed by atoms with Crippen molar-refractivity contribution in [2.75, 3.05) is 31.6 Å². The predicted octanol–water partition coefficient (Wildman–Crippen LogP) is 0.997. The SMILES string of the molecule is O=C(CNc1ccc(F)cc1OCCO)NC(=O)NCC(F)(F)F. The topological polar surface area (TPSA) is 99.7 Å². The standard InChI is InChI=1S/C13H15F4N3O4/c14-8-1-2-9(10(5-8)24-4-3-21)18-6-11(22)20-12(23)19-7-13(15,16)17/h1-2,5,18,21H,3-4,6-7H2,(H2,19,20,22,23). The molecule has 1 rings (SSSR count). The molecule has 0 heterocycles. The molecule has 4 N–H and O–H groups in total. The maximum Gasteiger partial charge on any atom is 0.405 e. The summed E-state index contributed by atoms with van der Waals surface area (Å²) < 4.78 is 53.9. The van der Waals surface area contributed by atoms with Crippen LogP contribution >= 0.6 is 0 Å². The average Bonchev–Trinajstić information content (AvgIpc) is 2.49. The van der Waals surface area contributed by atoms with Gasteiger partial charge in [-0.05, 0) is 12.1 Å². The van der Waals surface area contributed by atoms with Gasteiger partial charge < -0.3 is 20.5 Å². The summed E-state index contributed by atoms with van der Waals surface area (Å²) in [4.78, 5) is 22.6. The minimum absolute atomic E-state index is 0.0263. The summed E-state index contributed by atoms with van der Waals surface area (Å²) in [7, 11) is 0. The molecule has 0 unspecified atom stereocenters. The molecule has 11 heteroatoms. The van der Waals surface area contributed by atoms with Crippen LogP contribution in [0.3, 0.4) is 0 Å². The number of ether oxygens (including phenoxy) is 1. The molecule has 0 radical (unpaired) electrons. The lowest BCUT2D eigenvalue weighted by Crippen LogP contribution is -2.45. The zero-order valence-electron chi connectivity index (χ0n) is 12.2. The summed E-state index contributed by atoms with van der Waals surface area (Å²) in [6.45, 7) is -2.46. The van der Waals surface area contributed by atoms with Gasteiger partial charge in [0.1, 0.15) is 24.7 Å². The predicted molar refractivity (Wildman–Crippen MR) is 75.1 cm³/mol. The Labute approximate surface area is 134 Å². The lowest BCUT2D eigenvalue weighted by atomic mass is 10.3. The first kappa shape index (κ1) is 19.5. The fourth-order valence-electron chi connectivity index (χ4n) is 1.49. The van der Waals surface area contributed by atoms with Crippen LogP contribution in [0.15, 0.2) is 18.2 Å². The first-order valence-electron chi connectivity index (χ1n) is 6.63. The first-order valence-corrected chi connectivity index (χ1v) is 6.63. The molecule has 0 aliphatic heterocycles. The number of aliphatic hydroxyl groups excluding tert-OH is 1. The van der Waals surface area contributed by atoms with Gasteiger partial charge in [-0.25, -0.2) is 9.18 Å². The monoisotopic (exact) mass is 353 g/mol. The fourth-order valence-corrected chi connectivity index (χ4v) is 1.49. The number of aliphatic hydroxyl groups is 1. The van der Waals surface area contributed by atoms with Gasteiger partial charge in [0.15, 0.2) is 0 Å². The van der Waals surface area contributed by atoms with Crippen molar-refractivity contribution in [1.82, 2.24) is 10.6 Å². The van der Waals surface area contributed by atoms with E-state index in [1.54, 1.807) is 5.32 Å². The average molecular weight is 353 g/mol. The van der Waals surface area contributed by atoms with Gasteiger partial charge in [-0.1, -0.05) is 0 Å². The number of carbonyl (C=O) groups is 2. The van der Waals surface area contributed by atoms with Gasteiger partial charge >= 0.3 is 12.2 Å². The van der Waals surface area contributed by atoms with Crippen molar-refractivity contribution in [3.05, 3.63) is 24.0 Å². The van der Waals surface area contributed by atoms with Crippen LogP contribution in [0, 0.1) is 5.82 Å². The molecule has 7 nitrogen and oxygen atoms in total. The van der Waals surface area contributed by atoms with Gasteiger partial charge in [0.25, 0.3) is 0 Å². The van der Waals surface area contributed by atoms with Crippen molar-refractivity contribution in [2.24, 2.45) is 0 Å². The summed E-state index contributed by atoms with van der Waals surface area (Å²) >= 11 is 0. The van der Waals surface area contributed by atoms with Crippen molar-refractivity contribution in [3.63, 3.8) is 0 Å². The third kappa shape index (κ3) is 7.63. The lowest BCUT2D eigenvalue weighted by molar-refractivity contribution is -0.124. The van der Waals surface area contributed by atoms with Crippen molar-refractivity contribution in [2.45, 2.75) is 6.18 Å². The van der Waals surface area contributed by atoms with Crippen LogP contribution in [0.5, 0.6) is 5.75 Å². The van der Waals surface area contributed by atoms with E-state index in [0.717, 1.165) is 12.1 Å². The summed E-state index contributed by atoms with van der Waals surface area (Å²) in [6.07, 6.45) is -4.59. The molecule has 0 aliphatic rings. The number of urea groups is 1. The van der Waals surface area contributed by atoms with Gasteiger partial charge in [0, 0.05) is 6.07 Å². The number of benzene rings is 1. The van der Waals surface area contributed by atoms with Crippen molar-refractivity contribution >= 4 is 17.6 Å². The Morgan fingerprint density at radius 3 is 2.58 bits per heavy atom. The van der Waals surface area contributed by atoms with Gasteiger partial charge in [-0.15, -0.1) is 0 Å². The van der Waals surface area contributed by atoms with E-state index in [1.165, 1.54) is 11.4 Å². The second-order valence-corrected chi connectivity index (χ2v) is 4.41. The lowest BCUT2D eigenvalue weighted by Gasteiger charge is -2.13. The molecule has 0 aliphatic carbocycles. The van der Waals surface area contributed by atoms with Crippen molar-refractivity contribution < 1.29 is 37.0 Å². The Balaban J connectivity index is 2.50. The van der Waals surface area contributed by atoms with E-state index in [9.17, 15) is 27.2 Å². The molecule has 0 saturated carbocycles. The molecule has 0 spiro atoms. The molecule has 3 amide bonds. The van der Waals surface area contributed by atoms with Crippen LogP contribution in [0.1, 0.15) is 0 Å². The van der Waals surface area contributed by atoms with Gasteiger partial charge in [-0.3, -0.25) is 10.1 Å². The Morgan fingerprint density at radius 2 is 1.96 bits per heavy atom. The largest absolute Gasteiger partial charge is 0.489 e. The number of hydrogen-bond donors (Lipinski definition) is 4. The van der Waals surface area contributed by atoms with Crippen molar-refractivity contribution in [1.29, 1.82) is 0 Å². The fraction of sp³-hybridized carbons (Fsp3) is 0.385. The second-order valence-electron chi connectivity index (χ2n) is 4.41. The molecule has 0 bridgehead atoms. The van der Waals surface area contributed by atoms with Crippen LogP contribution in [0.2, 0.25) is 0 Å². The maximum atomic E-state index is 13.1. The Morgan fingerprint density at radius 1 is 1.25 bits per heavy atom. The highest BCUT2D eigenvalue weighted by Gasteiger charge is 2.27. The summed E-state index contributed by atoms with van der Waals surface area (Å²) in [6, 6.07) is 2.07. The van der Waals surface area contributed by atoms with Gasteiger partial charge in [0.05, 0.1) is 18.8 Å². The van der Waals surface area contributed by atoms with Crippen LogP contribution in [-0.2, 0) is 4.79 Å². The zero-order valence-corrected chi connectivity index (χ0v) is 12.2. The zero-order chi connectivity index (χ0) is 18.2. The molecular weight excluding hydrogens is 338 g/mol. The van der Waals surface area contributed by atoms with E-state index < -0.39 is 37.0 Å². The molecule has 0 aromatic heterocycles. The second kappa shape index (κ2) is 8.91. The van der Waals surface area contributed by atoms with E-state index in [-0.39, 0.29) is 24.7 Å². The maximum absolute atomic E-state index is 13.1. The van der Waals surface area contributed by atoms with Crippen LogP contribution in [0.25, 0.3) is 0 Å². The molecular formula is C13H15F4N3O4. The van der Waals surface area contributed by atoms with Gasteiger partial charge in [-0.2, -0.15) is 13.2 Å². The van der Waals surface area contributed by atoms with E-state index in [2.05, 4.69) is 5.32 Å². The number of anilines is 1. The Bertz CT molecular complexity index is 581. The molecule has 134 valence electrons.